The van der Waals surface area contributed by atoms with Gasteiger partial charge in [0.2, 0.25) is 70.9 Å². The number of carbonyl (C=O) groups excluding carboxylic acids is 12. The van der Waals surface area contributed by atoms with Crippen molar-refractivity contribution in [3.8, 4) is 0 Å². The maximum absolute atomic E-state index is 15.8. The molecule has 0 aromatic heterocycles. The van der Waals surface area contributed by atoms with Crippen molar-refractivity contribution in [3.05, 3.63) is 70.7 Å². The van der Waals surface area contributed by atoms with Crippen LogP contribution in [0.25, 0.3) is 0 Å². The van der Waals surface area contributed by atoms with Crippen molar-refractivity contribution in [3.63, 3.8) is 0 Å². The first-order chi connectivity index (χ1) is 49.7. The lowest BCUT2D eigenvalue weighted by atomic mass is 9.94. The van der Waals surface area contributed by atoms with E-state index in [0.717, 1.165) is 16.2 Å². The number of nitrogens with zero attached hydrogens (tertiary/aromatic N) is 8. The Kier molecular flexibility index (Phi) is 37.0. The van der Waals surface area contributed by atoms with E-state index in [9.17, 15) is 34.2 Å². The predicted octanol–water partition coefficient (Wildman–Crippen LogP) is 4.69. The summed E-state index contributed by atoms with van der Waals surface area (Å²) in [5, 5.41) is 33.5. The van der Waals surface area contributed by atoms with Gasteiger partial charge in [-0.05, 0) is 118 Å². The van der Waals surface area contributed by atoms with Crippen LogP contribution in [0.5, 0.6) is 0 Å². The third kappa shape index (κ3) is 26.9. The Bertz CT molecular complexity index is 3260. The first kappa shape index (κ1) is 90.6. The van der Waals surface area contributed by atoms with Crippen LogP contribution in [0.2, 0.25) is 5.02 Å². The van der Waals surface area contributed by atoms with Gasteiger partial charge in [-0.2, -0.15) is 0 Å². The fraction of sp³-hybridized carbons (Fsp3) is 0.692. The zero-order chi connectivity index (χ0) is 79.7. The monoisotopic (exact) mass is 1500 g/mol. The number of piperidine rings is 1. The van der Waals surface area contributed by atoms with Gasteiger partial charge in [0.25, 0.3) is 0 Å². The van der Waals surface area contributed by atoms with E-state index in [0.29, 0.717) is 48.5 Å². The highest BCUT2D eigenvalue weighted by Crippen LogP contribution is 2.25. The lowest BCUT2D eigenvalue weighted by Gasteiger charge is -2.38. The molecule has 0 spiro atoms. The number of benzene rings is 2. The van der Waals surface area contributed by atoms with Gasteiger partial charge in [-0.3, -0.25) is 57.5 Å². The van der Waals surface area contributed by atoms with Crippen LogP contribution in [-0.2, 0) is 75.1 Å². The summed E-state index contributed by atoms with van der Waals surface area (Å²) < 4.78 is 5.87. The minimum Gasteiger partial charge on any atom is -0.391 e. The number of nitrogens with one attached hydrogen (secondary N) is 4. The second-order valence-corrected chi connectivity index (χ2v) is 31.4. The standard InChI is InChI=1S/C78H125ClN12O15/c1-20-51(10)67-77(104)90(19)64(42-54-29-23-21-24-30-54)76(103)88(17)62(43-55-31-27-32-56(79)41-55)70(97)81-58(46-106-45-52(11)92)73(100)86(15)61(39-49(6)7)72(99)83-68(53(12)93)78(105)89(18)63(40-50(8)9)75(102)87(16)60(38-48(4)5)69(96)80-57(74(101)91-35-25-22-26-36-91)44-66(95)84(13)34-28-33-65(94)85(14)59(37-47(2)3)71(98)82-67/h21,23-24,27,29-32,41,47-53,57-64,67-68,92-93H,20,22,25-26,28,33-40,42-46H2,1-19H3,(H,80,96)(H,81,97)(H,82,98)(H,83,99)/t51-,52+,53+,57?,58-,59-,60-,61-,62-,63-,64-,67-,68-/m0/s1. The van der Waals surface area contributed by atoms with Gasteiger partial charge in [-0.1, -0.05) is 130 Å². The number of likely N-dealkylation sites (tertiary alicyclic amines) is 1. The topological polar surface area (TPSA) is 329 Å². The number of ether oxygens (including phenoxy) is 1. The zero-order valence-electron chi connectivity index (χ0n) is 66.4. The van der Waals surface area contributed by atoms with Gasteiger partial charge in [0.05, 0.1) is 31.8 Å². The smallest absolute Gasteiger partial charge is 0.248 e. The summed E-state index contributed by atoms with van der Waals surface area (Å²) in [6.07, 6.45) is -0.457. The average molecular weight is 1510 g/mol. The molecule has 2 aromatic carbocycles. The van der Waals surface area contributed by atoms with Crippen molar-refractivity contribution < 1.29 is 72.5 Å². The summed E-state index contributed by atoms with van der Waals surface area (Å²) in [5.41, 5.74) is 1.13. The van der Waals surface area contributed by atoms with Gasteiger partial charge in [-0.15, -0.1) is 0 Å². The summed E-state index contributed by atoms with van der Waals surface area (Å²) in [6.45, 7) is 21.0. The molecule has 2 saturated heterocycles. The summed E-state index contributed by atoms with van der Waals surface area (Å²) >= 11 is 6.55. The number of likely N-dealkylation sites (N-methyl/N-ethyl adjacent to an activating group) is 6. The maximum atomic E-state index is 15.8. The fourth-order valence-electron chi connectivity index (χ4n) is 13.4. The molecule has 2 fully saturated rings. The van der Waals surface area contributed by atoms with Crippen LogP contribution in [0.1, 0.15) is 165 Å². The highest BCUT2D eigenvalue weighted by molar-refractivity contribution is 6.30. The van der Waals surface area contributed by atoms with E-state index in [1.54, 1.807) is 80.3 Å². The van der Waals surface area contributed by atoms with Crippen LogP contribution in [0, 0.1) is 29.6 Å². The van der Waals surface area contributed by atoms with Gasteiger partial charge in [0.15, 0.2) is 0 Å². The molecule has 2 aliphatic rings. The van der Waals surface area contributed by atoms with Crippen molar-refractivity contribution in [2.75, 3.05) is 82.2 Å². The number of halogens is 1. The molecule has 2 aromatic rings. The number of hydrogen-bond acceptors (Lipinski definition) is 15. The van der Waals surface area contributed by atoms with Crippen LogP contribution < -0.4 is 21.3 Å². The molecule has 27 nitrogen and oxygen atoms in total. The van der Waals surface area contributed by atoms with Crippen molar-refractivity contribution >= 4 is 82.5 Å². The number of aliphatic hydroxyl groups excluding tert-OH is 2. The molecule has 2 aliphatic heterocycles. The van der Waals surface area contributed by atoms with E-state index in [1.165, 1.54) is 87.7 Å². The SMILES string of the molecule is CC[C@H](C)[C@@H]1NC(=O)[C@H](CC(C)C)N(C)C(=O)CCCN(C)C(=O)CC(C(=O)N2CCCCC2)NC(=O)[C@H](CC(C)C)N(C)C(=O)[C@H](CC(C)C)N(C)C(=O)[C@H]([C@@H](C)O)NC(=O)[C@H](CC(C)C)N(C)C(=O)[C@H](COC[C@@H](C)O)NC(=O)[C@H](Cc2cccc(Cl)c2)N(C)C(=O)[C@H](Cc2ccccc2)N(C)C1=O. The number of hydrogen-bond donors (Lipinski definition) is 6. The second kappa shape index (κ2) is 43.3. The molecule has 12 amide bonds. The second-order valence-electron chi connectivity index (χ2n) is 31.0. The number of aliphatic hydroxyl groups is 2. The van der Waals surface area contributed by atoms with E-state index >= 15 is 33.6 Å². The highest BCUT2D eigenvalue weighted by Gasteiger charge is 2.45. The van der Waals surface area contributed by atoms with Gasteiger partial charge >= 0.3 is 0 Å². The molecule has 2 heterocycles. The Balaban J connectivity index is 2.00. The van der Waals surface area contributed by atoms with Crippen molar-refractivity contribution in [1.82, 2.24) is 60.5 Å². The minimum atomic E-state index is -1.74. The predicted molar refractivity (Wildman–Crippen MR) is 406 cm³/mol. The van der Waals surface area contributed by atoms with Crippen molar-refractivity contribution in [2.24, 2.45) is 29.6 Å². The Labute approximate surface area is 634 Å². The van der Waals surface area contributed by atoms with E-state index in [2.05, 4.69) is 21.3 Å². The third-order valence-electron chi connectivity index (χ3n) is 20.1. The van der Waals surface area contributed by atoms with E-state index in [4.69, 9.17) is 16.3 Å². The summed E-state index contributed by atoms with van der Waals surface area (Å²) in [7, 11) is 9.94. The van der Waals surface area contributed by atoms with E-state index in [1.807, 2.05) is 48.5 Å². The minimum absolute atomic E-state index is 0.0326. The summed E-state index contributed by atoms with van der Waals surface area (Å²) in [6, 6.07) is 1.58. The molecule has 594 valence electrons. The summed E-state index contributed by atoms with van der Waals surface area (Å²) in [4.78, 5) is 191. The van der Waals surface area contributed by atoms with E-state index < -0.39 is 162 Å². The molecule has 28 heteroatoms. The van der Waals surface area contributed by atoms with Crippen LogP contribution in [0.4, 0.5) is 0 Å². The molecule has 4 rings (SSSR count). The largest absolute Gasteiger partial charge is 0.391 e. The van der Waals surface area contributed by atoms with Crippen LogP contribution in [0.3, 0.4) is 0 Å². The van der Waals surface area contributed by atoms with Gasteiger partial charge in [-0.25, -0.2) is 0 Å². The van der Waals surface area contributed by atoms with Crippen LogP contribution in [0.15, 0.2) is 54.6 Å². The van der Waals surface area contributed by atoms with Crippen molar-refractivity contribution in [2.45, 2.75) is 239 Å². The maximum Gasteiger partial charge on any atom is 0.248 e. The molecule has 0 bridgehead atoms. The van der Waals surface area contributed by atoms with Crippen molar-refractivity contribution in [1.29, 1.82) is 0 Å². The first-order valence-electron chi connectivity index (χ1n) is 37.8. The molecule has 0 aliphatic carbocycles. The Morgan fingerprint density at radius 2 is 0.943 bits per heavy atom. The normalized spacial score (nSPS) is 25.2. The van der Waals surface area contributed by atoms with Crippen LogP contribution >= 0.6 is 11.6 Å². The molecule has 0 saturated carbocycles. The average Bonchev–Trinajstić information content (AvgIpc) is 0.810. The molecular weight excluding hydrogens is 1380 g/mol. The third-order valence-corrected chi connectivity index (χ3v) is 20.4. The Hall–Kier alpha value is -7.75. The molecular formula is C78H125ClN12O15. The highest BCUT2D eigenvalue weighted by atomic mass is 35.5. The number of amides is 12. The number of carbonyl (C=O) groups is 12. The fourth-order valence-corrected chi connectivity index (χ4v) is 13.6. The number of rotatable bonds is 20. The Morgan fingerprint density at radius 1 is 0.491 bits per heavy atom. The lowest BCUT2D eigenvalue weighted by molar-refractivity contribution is -0.152. The zero-order valence-corrected chi connectivity index (χ0v) is 67.2. The van der Waals surface area contributed by atoms with Gasteiger partial charge in [0.1, 0.15) is 60.4 Å². The summed E-state index contributed by atoms with van der Waals surface area (Å²) in [5.74, 6) is -9.87. The molecule has 1 unspecified atom stereocenters. The van der Waals surface area contributed by atoms with Gasteiger partial charge in [0, 0.05) is 93.3 Å². The first-order valence-corrected chi connectivity index (χ1v) is 38.2. The molecule has 0 radical (unpaired) electrons. The van der Waals surface area contributed by atoms with Crippen LogP contribution in [-0.4, -0.2) is 275 Å². The quantitative estimate of drug-likeness (QED) is 0.105. The molecule has 13 atom stereocenters. The molecule has 106 heavy (non-hydrogen) atoms. The lowest BCUT2D eigenvalue weighted by Crippen LogP contribution is -2.63. The Morgan fingerprint density at radius 3 is 1.47 bits per heavy atom. The van der Waals surface area contributed by atoms with E-state index in [-0.39, 0.29) is 88.2 Å². The molecule has 6 N–H and O–H groups in total. The van der Waals surface area contributed by atoms with Gasteiger partial charge < -0.3 is 75.4 Å².